The molecule has 138 valence electrons. The number of H-pyrrole nitrogens is 2. The average molecular weight is 382 g/mol. The van der Waals surface area contributed by atoms with Crippen LogP contribution < -0.4 is 5.56 Å². The Balaban J connectivity index is 1.71. The number of rotatable bonds is 5. The van der Waals surface area contributed by atoms with Crippen LogP contribution in [0.4, 0.5) is 0 Å². The van der Waals surface area contributed by atoms with E-state index in [1.54, 1.807) is 31.2 Å². The van der Waals surface area contributed by atoms with Crippen molar-refractivity contribution in [2.75, 3.05) is 27.3 Å². The number of fused-ring (bicyclic) bond motifs is 2. The number of aromatic nitrogens is 3. The molecule has 27 heavy (non-hydrogen) atoms. The number of hydrogen-bond acceptors (Lipinski definition) is 5. The minimum absolute atomic E-state index is 0.0826. The normalized spacial score (nSPS) is 11.3. The highest BCUT2D eigenvalue weighted by molar-refractivity contribution is 7.09. The number of nitrogens with one attached hydrogen (secondary N) is 2. The molecule has 4 rings (SSSR count). The van der Waals surface area contributed by atoms with Crippen molar-refractivity contribution in [3.05, 3.63) is 50.9 Å². The molecule has 1 aromatic carbocycles. The van der Waals surface area contributed by atoms with E-state index in [1.807, 2.05) is 22.9 Å². The Kier molecular flexibility index (Phi) is 4.51. The van der Waals surface area contributed by atoms with Crippen LogP contribution in [0.2, 0.25) is 0 Å². The molecule has 0 saturated carbocycles. The van der Waals surface area contributed by atoms with E-state index in [2.05, 4.69) is 15.0 Å². The lowest BCUT2D eigenvalue weighted by atomic mass is 10.1. The third kappa shape index (κ3) is 3.24. The monoisotopic (exact) mass is 382 g/mol. The summed E-state index contributed by atoms with van der Waals surface area (Å²) >= 11 is 1.49. The molecule has 0 unspecified atom stereocenters. The number of nitrogens with zero attached hydrogens (tertiary/aromatic N) is 2. The number of thiophene rings is 1. The summed E-state index contributed by atoms with van der Waals surface area (Å²) in [5.74, 6) is -0.0826. The van der Waals surface area contributed by atoms with E-state index in [9.17, 15) is 9.59 Å². The lowest BCUT2D eigenvalue weighted by Gasteiger charge is -2.16. The minimum Gasteiger partial charge on any atom is -0.383 e. The van der Waals surface area contributed by atoms with Gasteiger partial charge in [0.2, 0.25) is 0 Å². The predicted octanol–water partition coefficient (Wildman–Crippen LogP) is 2.85. The van der Waals surface area contributed by atoms with Crippen molar-refractivity contribution < 1.29 is 9.53 Å². The molecule has 0 fully saturated rings. The fraction of sp³-hybridized carbons (Fsp3) is 0.211. The molecule has 0 aliphatic heterocycles. The number of amides is 1. The summed E-state index contributed by atoms with van der Waals surface area (Å²) in [7, 11) is 3.35. The summed E-state index contributed by atoms with van der Waals surface area (Å²) in [6.45, 7) is 1.000. The van der Waals surface area contributed by atoms with Crippen LogP contribution in [0.5, 0.6) is 0 Å². The SMILES string of the molecule is COCCN(C)C(=O)c1ccc2cc(-c3nc4cscc4[nH]c3=O)[nH]c2c1. The zero-order valence-corrected chi connectivity index (χ0v) is 15.7. The molecule has 3 heterocycles. The molecule has 0 spiro atoms. The summed E-state index contributed by atoms with van der Waals surface area (Å²) < 4.78 is 5.02. The number of likely N-dealkylation sites (N-methyl/N-ethyl adjacent to an activating group) is 1. The lowest BCUT2D eigenvalue weighted by molar-refractivity contribution is 0.0744. The highest BCUT2D eigenvalue weighted by Gasteiger charge is 2.15. The van der Waals surface area contributed by atoms with Crippen LogP contribution in [0.3, 0.4) is 0 Å². The van der Waals surface area contributed by atoms with E-state index in [4.69, 9.17) is 4.74 Å². The van der Waals surface area contributed by atoms with Gasteiger partial charge in [0.05, 0.1) is 23.3 Å². The maximum atomic E-state index is 12.5. The van der Waals surface area contributed by atoms with Crippen LogP contribution in [0.15, 0.2) is 39.8 Å². The number of benzene rings is 1. The Morgan fingerprint density at radius 1 is 1.22 bits per heavy atom. The molecule has 0 aliphatic rings. The van der Waals surface area contributed by atoms with Gasteiger partial charge in [0.25, 0.3) is 11.5 Å². The van der Waals surface area contributed by atoms with E-state index in [0.717, 1.165) is 21.9 Å². The molecule has 7 nitrogen and oxygen atoms in total. The molecule has 3 aromatic heterocycles. The minimum atomic E-state index is -0.247. The fourth-order valence-corrected chi connectivity index (χ4v) is 3.64. The molecule has 2 N–H and O–H groups in total. The third-order valence-corrected chi connectivity index (χ3v) is 5.17. The first kappa shape index (κ1) is 17.4. The van der Waals surface area contributed by atoms with Gasteiger partial charge in [-0.2, -0.15) is 0 Å². The van der Waals surface area contributed by atoms with Gasteiger partial charge in [-0.1, -0.05) is 6.07 Å². The van der Waals surface area contributed by atoms with Gasteiger partial charge in [0.1, 0.15) is 0 Å². The van der Waals surface area contributed by atoms with E-state index in [-0.39, 0.29) is 11.5 Å². The van der Waals surface area contributed by atoms with E-state index in [1.165, 1.54) is 11.3 Å². The fourth-order valence-electron chi connectivity index (χ4n) is 2.94. The number of aromatic amines is 2. The lowest BCUT2D eigenvalue weighted by Crippen LogP contribution is -2.29. The smallest absolute Gasteiger partial charge is 0.276 e. The summed E-state index contributed by atoms with van der Waals surface area (Å²) in [4.78, 5) is 37.0. The van der Waals surface area contributed by atoms with Gasteiger partial charge in [-0.05, 0) is 18.2 Å². The number of hydrogen-bond donors (Lipinski definition) is 2. The second-order valence-corrected chi connectivity index (χ2v) is 7.03. The first-order chi connectivity index (χ1) is 13.1. The van der Waals surface area contributed by atoms with Crippen molar-refractivity contribution in [1.29, 1.82) is 0 Å². The van der Waals surface area contributed by atoms with Crippen LogP contribution >= 0.6 is 11.3 Å². The number of carbonyl (C=O) groups is 1. The Morgan fingerprint density at radius 3 is 2.89 bits per heavy atom. The standard InChI is InChI=1S/C19H18N4O3S/c1-23(5-6-26-2)19(25)12-4-3-11-7-14(20-13(11)8-12)17-18(24)22-16-10-27-9-15(16)21-17/h3-4,7-10,20H,5-6H2,1-2H3,(H,22,24). The zero-order chi connectivity index (χ0) is 19.0. The highest BCUT2D eigenvalue weighted by Crippen LogP contribution is 2.24. The van der Waals surface area contributed by atoms with Crippen LogP contribution in [0.25, 0.3) is 33.3 Å². The van der Waals surface area contributed by atoms with Gasteiger partial charge in [-0.25, -0.2) is 4.98 Å². The molecule has 0 saturated heterocycles. The van der Waals surface area contributed by atoms with Crippen molar-refractivity contribution in [3.8, 4) is 11.4 Å². The Labute approximate surface area is 158 Å². The average Bonchev–Trinajstić information content (AvgIpc) is 3.29. The molecule has 0 bridgehead atoms. The van der Waals surface area contributed by atoms with Crippen LogP contribution in [0.1, 0.15) is 10.4 Å². The zero-order valence-electron chi connectivity index (χ0n) is 14.9. The highest BCUT2D eigenvalue weighted by atomic mass is 32.1. The van der Waals surface area contributed by atoms with E-state index < -0.39 is 0 Å². The largest absolute Gasteiger partial charge is 0.383 e. The first-order valence-electron chi connectivity index (χ1n) is 8.40. The molecule has 8 heteroatoms. The predicted molar refractivity (Wildman–Crippen MR) is 106 cm³/mol. The van der Waals surface area contributed by atoms with Crippen LogP contribution in [-0.2, 0) is 4.74 Å². The molecular weight excluding hydrogens is 364 g/mol. The van der Waals surface area contributed by atoms with Gasteiger partial charge in [-0.3, -0.25) is 9.59 Å². The molecule has 0 atom stereocenters. The molecular formula is C19H18N4O3S. The van der Waals surface area contributed by atoms with Crippen LogP contribution in [-0.4, -0.2) is 53.1 Å². The number of carbonyl (C=O) groups excluding carboxylic acids is 1. The van der Waals surface area contributed by atoms with Gasteiger partial charge in [0, 0.05) is 47.9 Å². The van der Waals surface area contributed by atoms with E-state index >= 15 is 0 Å². The molecule has 0 aliphatic carbocycles. The number of ether oxygens (including phenoxy) is 1. The summed E-state index contributed by atoms with van der Waals surface area (Å²) in [5.41, 5.74) is 3.55. The van der Waals surface area contributed by atoms with Gasteiger partial charge < -0.3 is 19.6 Å². The quantitative estimate of drug-likeness (QED) is 0.555. The van der Waals surface area contributed by atoms with Crippen molar-refractivity contribution >= 4 is 39.2 Å². The van der Waals surface area contributed by atoms with Gasteiger partial charge in [-0.15, -0.1) is 11.3 Å². The van der Waals surface area contributed by atoms with Crippen molar-refractivity contribution in [2.45, 2.75) is 0 Å². The molecule has 0 radical (unpaired) electrons. The summed E-state index contributed by atoms with van der Waals surface area (Å²) in [6.07, 6.45) is 0. The number of methoxy groups -OCH3 is 1. The van der Waals surface area contributed by atoms with Gasteiger partial charge in [0.15, 0.2) is 5.69 Å². The van der Waals surface area contributed by atoms with Crippen LogP contribution in [0, 0.1) is 0 Å². The summed E-state index contributed by atoms with van der Waals surface area (Å²) in [5, 5.41) is 4.66. The van der Waals surface area contributed by atoms with E-state index in [0.29, 0.717) is 30.1 Å². The Morgan fingerprint density at radius 2 is 2.07 bits per heavy atom. The summed E-state index contributed by atoms with van der Waals surface area (Å²) in [6, 6.07) is 7.31. The molecule has 1 amide bonds. The van der Waals surface area contributed by atoms with Gasteiger partial charge >= 0.3 is 0 Å². The topological polar surface area (TPSA) is 91.1 Å². The van der Waals surface area contributed by atoms with Crippen molar-refractivity contribution in [2.24, 2.45) is 0 Å². The maximum absolute atomic E-state index is 12.5. The third-order valence-electron chi connectivity index (χ3n) is 4.44. The van der Waals surface area contributed by atoms with Crippen molar-refractivity contribution in [1.82, 2.24) is 19.9 Å². The second kappa shape index (κ2) is 6.98. The van der Waals surface area contributed by atoms with Crippen molar-refractivity contribution in [3.63, 3.8) is 0 Å². The Hall–Kier alpha value is -2.97. The Bertz CT molecular complexity index is 1190. The molecule has 4 aromatic rings. The maximum Gasteiger partial charge on any atom is 0.276 e. The first-order valence-corrected chi connectivity index (χ1v) is 9.35. The second-order valence-electron chi connectivity index (χ2n) is 6.29.